The number of ether oxygens (including phenoxy) is 2. The van der Waals surface area contributed by atoms with Crippen molar-refractivity contribution in [2.45, 2.75) is 29.5 Å². The second-order valence-corrected chi connectivity index (χ2v) is 15.7. The molecule has 2 saturated carbocycles. The van der Waals surface area contributed by atoms with Crippen LogP contribution in [0.15, 0.2) is 76.6 Å². The highest BCUT2D eigenvalue weighted by atomic mass is 35.5. The van der Waals surface area contributed by atoms with Gasteiger partial charge in [-0.2, -0.15) is 0 Å². The van der Waals surface area contributed by atoms with E-state index in [-0.39, 0.29) is 58.6 Å². The van der Waals surface area contributed by atoms with Crippen molar-refractivity contribution in [3.63, 3.8) is 0 Å². The van der Waals surface area contributed by atoms with Crippen molar-refractivity contribution in [3.8, 4) is 5.75 Å². The molecule has 1 saturated heterocycles. The lowest BCUT2D eigenvalue weighted by molar-refractivity contribution is -0.384. The van der Waals surface area contributed by atoms with Crippen LogP contribution in [0.3, 0.4) is 0 Å². The van der Waals surface area contributed by atoms with E-state index in [4.69, 9.17) is 21.1 Å². The van der Waals surface area contributed by atoms with Crippen molar-refractivity contribution in [1.82, 2.24) is 4.98 Å². The molecule has 3 aromatic carbocycles. The van der Waals surface area contributed by atoms with Gasteiger partial charge in [0.2, 0.25) is 11.8 Å². The van der Waals surface area contributed by atoms with Crippen LogP contribution < -0.4 is 19.8 Å². The molecule has 3 amide bonds. The lowest BCUT2D eigenvalue weighted by Crippen LogP contribution is -2.42. The molecule has 0 unspecified atom stereocenters. The smallest absolute Gasteiger partial charge is 0.338 e. The lowest BCUT2D eigenvalue weighted by Gasteiger charge is -2.43. The van der Waals surface area contributed by atoms with E-state index >= 15 is 0 Å². The van der Waals surface area contributed by atoms with Crippen LogP contribution in [-0.4, -0.2) is 52.1 Å². The number of esters is 1. The molecule has 13 nitrogen and oxygen atoms in total. The monoisotopic (exact) mass is 760 g/mol. The molecular weight excluding hydrogens is 732 g/mol. The number of thioether (sulfide) groups is 1. The number of amides is 3. The SMILES string of the molecule is CCOC(=O)c1ccc(NC(=O)COc2ccc(Cl)cc2[C@@H]2c3sc(=O)[nH]c3S[C@@H]3[C@@H]4C[C@@H]([C@@H]5C(=O)N(c6ccc([N+](=O)[O-])cc6)C(=O)[C@@H]45)[C@H]23)cc1. The summed E-state index contributed by atoms with van der Waals surface area (Å²) in [5, 5.41) is 15.0. The predicted molar refractivity (Wildman–Crippen MR) is 192 cm³/mol. The summed E-state index contributed by atoms with van der Waals surface area (Å²) < 4.78 is 11.1. The predicted octanol–water partition coefficient (Wildman–Crippen LogP) is 5.87. The van der Waals surface area contributed by atoms with Crippen LogP contribution in [0.4, 0.5) is 17.1 Å². The fourth-order valence-corrected chi connectivity index (χ4v) is 11.5. The van der Waals surface area contributed by atoms with E-state index in [1.165, 1.54) is 40.9 Å². The maximum absolute atomic E-state index is 14.1. The van der Waals surface area contributed by atoms with Crippen molar-refractivity contribution in [3.05, 3.63) is 108 Å². The molecule has 2 aliphatic carbocycles. The van der Waals surface area contributed by atoms with Crippen LogP contribution in [0.25, 0.3) is 0 Å². The Hall–Kier alpha value is -4.99. The fourth-order valence-electron chi connectivity index (χ4n) is 8.48. The number of aromatic amines is 1. The molecule has 8 rings (SSSR count). The Bertz CT molecular complexity index is 2210. The number of nitrogens with zero attached hydrogens (tertiary/aromatic N) is 2. The van der Waals surface area contributed by atoms with Gasteiger partial charge in [-0.25, -0.2) is 4.79 Å². The molecule has 266 valence electrons. The number of carbonyl (C=O) groups excluding carboxylic acids is 4. The largest absolute Gasteiger partial charge is 0.483 e. The van der Waals surface area contributed by atoms with Crippen molar-refractivity contribution >= 4 is 75.5 Å². The van der Waals surface area contributed by atoms with Crippen LogP contribution in [0, 0.1) is 39.7 Å². The third kappa shape index (κ3) is 5.67. The van der Waals surface area contributed by atoms with Gasteiger partial charge < -0.3 is 19.8 Å². The molecule has 3 heterocycles. The number of aromatic nitrogens is 1. The summed E-state index contributed by atoms with van der Waals surface area (Å²) in [7, 11) is 0. The first-order valence-corrected chi connectivity index (χ1v) is 18.6. The van der Waals surface area contributed by atoms with Gasteiger partial charge in [0.1, 0.15) is 5.75 Å². The second-order valence-electron chi connectivity index (χ2n) is 13.1. The number of fused-ring (bicyclic) bond motifs is 9. The molecule has 3 fully saturated rings. The van der Waals surface area contributed by atoms with Crippen molar-refractivity contribution < 1.29 is 33.6 Å². The van der Waals surface area contributed by atoms with E-state index in [0.717, 1.165) is 16.2 Å². The third-order valence-electron chi connectivity index (χ3n) is 10.4. The number of nitrogens with one attached hydrogen (secondary N) is 2. The van der Waals surface area contributed by atoms with Crippen molar-refractivity contribution in [2.24, 2.45) is 29.6 Å². The van der Waals surface area contributed by atoms with E-state index < -0.39 is 34.6 Å². The molecule has 2 N–H and O–H groups in total. The number of carbonyl (C=O) groups is 4. The van der Waals surface area contributed by atoms with E-state index in [0.29, 0.717) is 44.7 Å². The summed E-state index contributed by atoms with van der Waals surface area (Å²) in [6.07, 6.45) is 0.646. The minimum absolute atomic E-state index is 0.115. The molecule has 7 atom stereocenters. The minimum atomic E-state index is -0.598. The lowest BCUT2D eigenvalue weighted by atomic mass is 9.68. The van der Waals surface area contributed by atoms with Gasteiger partial charge >= 0.3 is 10.8 Å². The Kier molecular flexibility index (Phi) is 8.66. The number of nitro groups is 1. The van der Waals surface area contributed by atoms with E-state index in [2.05, 4.69) is 10.3 Å². The zero-order valence-corrected chi connectivity index (χ0v) is 29.7. The number of thiazole rings is 1. The Labute approximate surface area is 308 Å². The Morgan fingerprint density at radius 3 is 2.42 bits per heavy atom. The second kappa shape index (κ2) is 13.2. The number of halogens is 1. The summed E-state index contributed by atoms with van der Waals surface area (Å²) >= 11 is 9.19. The highest BCUT2D eigenvalue weighted by molar-refractivity contribution is 8.00. The maximum atomic E-state index is 14.1. The van der Waals surface area contributed by atoms with Gasteiger partial charge in [-0.15, -0.1) is 11.8 Å². The standard InChI is InChI=1S/C36H29ClN4O9S2/c1-2-49-35(45)16-3-6-18(7-4-16)38-25(42)15-50-24-12-5-17(37)13-21(24)26-27-22-14-23(30(27)51-32-31(26)52-36(46)39-32)29-28(22)33(43)40(34(29)44)19-8-10-20(11-9-19)41(47)48/h3-13,22-23,26-30H,2,14-15H2,1H3,(H,38,42)(H,39,46)/t22-,23-,26+,27-,28+,29+,30-/m1/s1. The molecule has 16 heteroatoms. The Balaban J connectivity index is 1.08. The van der Waals surface area contributed by atoms with Crippen LogP contribution in [0.5, 0.6) is 5.75 Å². The summed E-state index contributed by atoms with van der Waals surface area (Å²) in [6, 6.07) is 16.8. The number of hydrogen-bond acceptors (Lipinski definition) is 11. The van der Waals surface area contributed by atoms with E-state index in [9.17, 15) is 34.1 Å². The molecule has 2 aliphatic heterocycles. The van der Waals surface area contributed by atoms with Crippen LogP contribution in [-0.2, 0) is 19.1 Å². The summed E-state index contributed by atoms with van der Waals surface area (Å²) in [6.45, 7) is 1.61. The number of hydrogen-bond donors (Lipinski definition) is 2. The Morgan fingerprint density at radius 2 is 1.73 bits per heavy atom. The molecule has 0 radical (unpaired) electrons. The molecule has 2 bridgehead atoms. The number of non-ortho nitro benzene ring substituents is 1. The average molecular weight is 761 g/mol. The van der Waals surface area contributed by atoms with Gasteiger partial charge in [0.05, 0.1) is 39.6 Å². The number of nitro benzene ring substituents is 1. The number of anilines is 2. The summed E-state index contributed by atoms with van der Waals surface area (Å²) in [4.78, 5) is 81.2. The molecule has 4 aromatic rings. The van der Waals surface area contributed by atoms with Gasteiger partial charge in [0.25, 0.3) is 11.6 Å². The number of imide groups is 1. The molecule has 0 spiro atoms. The van der Waals surface area contributed by atoms with E-state index in [1.807, 2.05) is 0 Å². The zero-order chi connectivity index (χ0) is 36.4. The molecule has 52 heavy (non-hydrogen) atoms. The highest BCUT2D eigenvalue weighted by Gasteiger charge is 2.70. The number of benzene rings is 3. The highest BCUT2D eigenvalue weighted by Crippen LogP contribution is 2.69. The van der Waals surface area contributed by atoms with Crippen molar-refractivity contribution in [1.29, 1.82) is 0 Å². The maximum Gasteiger partial charge on any atom is 0.338 e. The van der Waals surface area contributed by atoms with Crippen LogP contribution in [0.1, 0.15) is 40.1 Å². The first-order valence-electron chi connectivity index (χ1n) is 16.5. The normalized spacial score (nSPS) is 25.3. The van der Waals surface area contributed by atoms with E-state index in [1.54, 1.807) is 49.4 Å². The van der Waals surface area contributed by atoms with Crippen LogP contribution >= 0.6 is 34.7 Å². The molecular formula is C36H29ClN4O9S2. The van der Waals surface area contributed by atoms with Gasteiger partial charge in [-0.1, -0.05) is 22.9 Å². The first kappa shape index (κ1) is 34.1. The van der Waals surface area contributed by atoms with Crippen LogP contribution in [0.2, 0.25) is 5.02 Å². The minimum Gasteiger partial charge on any atom is -0.483 e. The summed E-state index contributed by atoms with van der Waals surface area (Å²) in [5.74, 6) is -3.29. The van der Waals surface area contributed by atoms with Gasteiger partial charge in [0.15, 0.2) is 6.61 Å². The molecule has 4 aliphatic rings. The van der Waals surface area contributed by atoms with Gasteiger partial charge in [-0.3, -0.25) is 34.2 Å². The number of rotatable bonds is 9. The quantitative estimate of drug-likeness (QED) is 0.0908. The van der Waals surface area contributed by atoms with Crippen molar-refractivity contribution in [2.75, 3.05) is 23.4 Å². The first-order chi connectivity index (χ1) is 25.0. The number of H-pyrrole nitrogens is 1. The van der Waals surface area contributed by atoms with Gasteiger partial charge in [-0.05, 0) is 85.7 Å². The topological polar surface area (TPSA) is 178 Å². The zero-order valence-electron chi connectivity index (χ0n) is 27.3. The third-order valence-corrected chi connectivity index (χ3v) is 13.2. The summed E-state index contributed by atoms with van der Waals surface area (Å²) in [5.41, 5.74) is 1.63. The average Bonchev–Trinajstić information content (AvgIpc) is 3.86. The molecule has 1 aromatic heterocycles. The fraction of sp³-hybridized carbons (Fsp3) is 0.306. The Morgan fingerprint density at radius 1 is 1.02 bits per heavy atom. The van der Waals surface area contributed by atoms with Gasteiger partial charge in [0, 0.05) is 44.5 Å².